The number of fused-ring (bicyclic) bond motifs is 1. The third-order valence-electron chi connectivity index (χ3n) is 7.12. The van der Waals surface area contributed by atoms with Crippen LogP contribution in [0.2, 0.25) is 0 Å². The number of amides is 1. The topological polar surface area (TPSA) is 143 Å². The van der Waals surface area contributed by atoms with Gasteiger partial charge in [0.15, 0.2) is 0 Å². The zero-order valence-electron chi connectivity index (χ0n) is 21.0. The van der Waals surface area contributed by atoms with Gasteiger partial charge < -0.3 is 30.5 Å². The normalized spacial score (nSPS) is 20.3. The fourth-order valence-corrected chi connectivity index (χ4v) is 4.95. The molecule has 3 aromatic rings. The van der Waals surface area contributed by atoms with E-state index in [1.54, 1.807) is 18.3 Å². The molecule has 2 aromatic heterocycles. The number of rotatable bonds is 7. The molecule has 196 valence electrons. The molecule has 4 N–H and O–H groups in total. The lowest BCUT2D eigenvalue weighted by Crippen LogP contribution is -2.35. The van der Waals surface area contributed by atoms with E-state index in [-0.39, 0.29) is 24.1 Å². The smallest absolute Gasteiger partial charge is 0.253 e. The Labute approximate surface area is 219 Å². The largest absolute Gasteiger partial charge is 0.475 e. The highest BCUT2D eigenvalue weighted by molar-refractivity contribution is 6.00. The number of benzene rings is 1. The van der Waals surface area contributed by atoms with Crippen molar-refractivity contribution in [2.45, 2.75) is 37.4 Å². The molecule has 1 fully saturated rings. The van der Waals surface area contributed by atoms with Crippen molar-refractivity contribution in [3.63, 3.8) is 0 Å². The van der Waals surface area contributed by atoms with E-state index >= 15 is 0 Å². The number of anilines is 3. The fraction of sp³-hybridized carbons (Fsp3) is 0.370. The molecule has 38 heavy (non-hydrogen) atoms. The van der Waals surface area contributed by atoms with Crippen molar-refractivity contribution in [1.29, 1.82) is 0 Å². The van der Waals surface area contributed by atoms with Gasteiger partial charge in [0.2, 0.25) is 11.8 Å². The first-order valence-corrected chi connectivity index (χ1v) is 12.7. The van der Waals surface area contributed by atoms with Crippen LogP contribution in [0.15, 0.2) is 53.7 Å². The molecule has 1 amide bonds. The molecule has 11 nitrogen and oxygen atoms in total. The minimum absolute atomic E-state index is 0.130. The third-order valence-corrected chi connectivity index (χ3v) is 7.12. The van der Waals surface area contributed by atoms with Crippen LogP contribution in [0.4, 0.5) is 17.6 Å². The second-order valence-electron chi connectivity index (χ2n) is 9.74. The molecule has 6 rings (SSSR count). The van der Waals surface area contributed by atoms with Gasteiger partial charge in [-0.15, -0.1) is 0 Å². The minimum atomic E-state index is -0.409. The Morgan fingerprint density at radius 3 is 2.74 bits per heavy atom. The van der Waals surface area contributed by atoms with E-state index in [2.05, 4.69) is 25.9 Å². The predicted octanol–water partition coefficient (Wildman–Crippen LogP) is 2.89. The summed E-state index contributed by atoms with van der Waals surface area (Å²) in [5.74, 6) is 1.63. The summed E-state index contributed by atoms with van der Waals surface area (Å²) >= 11 is 0. The van der Waals surface area contributed by atoms with Crippen molar-refractivity contribution in [2.24, 2.45) is 4.99 Å². The van der Waals surface area contributed by atoms with Crippen molar-refractivity contribution in [3.8, 4) is 0 Å². The molecule has 3 aliphatic rings. The molecule has 0 saturated carbocycles. The summed E-state index contributed by atoms with van der Waals surface area (Å²) in [5, 5.41) is 19.6. The summed E-state index contributed by atoms with van der Waals surface area (Å²) < 4.78 is 11.6. The Morgan fingerprint density at radius 2 is 1.95 bits per heavy atom. The second kappa shape index (κ2) is 9.99. The maximum atomic E-state index is 12.1. The van der Waals surface area contributed by atoms with Crippen molar-refractivity contribution in [3.05, 3.63) is 71.0 Å². The lowest BCUT2D eigenvalue weighted by Gasteiger charge is -2.28. The van der Waals surface area contributed by atoms with Crippen LogP contribution in [0, 0.1) is 0 Å². The van der Waals surface area contributed by atoms with Crippen LogP contribution < -0.4 is 16.0 Å². The fourth-order valence-electron chi connectivity index (χ4n) is 4.95. The van der Waals surface area contributed by atoms with Crippen LogP contribution in [0.3, 0.4) is 0 Å². The zero-order valence-corrected chi connectivity index (χ0v) is 21.0. The predicted molar refractivity (Wildman–Crippen MR) is 141 cm³/mol. The van der Waals surface area contributed by atoms with E-state index in [0.29, 0.717) is 60.1 Å². The van der Waals surface area contributed by atoms with E-state index in [0.717, 1.165) is 18.4 Å². The van der Waals surface area contributed by atoms with E-state index in [1.807, 2.05) is 37.3 Å². The van der Waals surface area contributed by atoms with Gasteiger partial charge in [-0.1, -0.05) is 30.3 Å². The van der Waals surface area contributed by atoms with Crippen molar-refractivity contribution < 1.29 is 19.4 Å². The number of carbonyl (C=O) groups is 1. The number of nitrogens with zero attached hydrogens (tertiary/aromatic N) is 4. The summed E-state index contributed by atoms with van der Waals surface area (Å²) in [7, 11) is 0. The lowest BCUT2D eigenvalue weighted by atomic mass is 9.92. The molecular weight excluding hydrogens is 486 g/mol. The van der Waals surface area contributed by atoms with Crippen molar-refractivity contribution in [1.82, 2.24) is 20.3 Å². The summed E-state index contributed by atoms with van der Waals surface area (Å²) in [6.07, 6.45) is 3.25. The average Bonchev–Trinajstić information content (AvgIpc) is 3.47. The van der Waals surface area contributed by atoms with E-state index in [1.165, 1.54) is 0 Å². The first-order chi connectivity index (χ1) is 18.5. The van der Waals surface area contributed by atoms with Gasteiger partial charge >= 0.3 is 0 Å². The maximum Gasteiger partial charge on any atom is 0.253 e. The number of aliphatic hydroxyl groups excluding tert-OH is 1. The standard InChI is InChI=1S/C27H29N7O4/c1-16-22-18(24(36)29-16)7-8-21(31-22)32-26-28-13-19(25-34-27(15-38-25)9-11-37-12-10-27)23(33-26)30-20(14-35)17-5-3-2-4-6-17/h2-8,13,16,20,35H,9-12,14-15H2,1H3,(H,29,36)(H2,28,30,31,32,33)/t16?,20-/m1/s1. The van der Waals surface area contributed by atoms with Gasteiger partial charge in [0, 0.05) is 19.4 Å². The van der Waals surface area contributed by atoms with Crippen LogP contribution in [0.25, 0.3) is 0 Å². The van der Waals surface area contributed by atoms with Gasteiger partial charge in [-0.2, -0.15) is 4.98 Å². The van der Waals surface area contributed by atoms with E-state index < -0.39 is 6.04 Å². The summed E-state index contributed by atoms with van der Waals surface area (Å²) in [5.41, 5.74) is 2.46. The number of nitrogens with one attached hydrogen (secondary N) is 3. The third kappa shape index (κ3) is 4.66. The Balaban J connectivity index is 1.33. The maximum absolute atomic E-state index is 12.1. The molecule has 3 aliphatic heterocycles. The van der Waals surface area contributed by atoms with Crippen LogP contribution >= 0.6 is 0 Å². The van der Waals surface area contributed by atoms with E-state index in [9.17, 15) is 9.90 Å². The molecule has 11 heteroatoms. The van der Waals surface area contributed by atoms with Gasteiger partial charge in [0.05, 0.1) is 35.5 Å². The van der Waals surface area contributed by atoms with Crippen molar-refractivity contribution in [2.75, 3.05) is 37.1 Å². The number of hydrogen-bond donors (Lipinski definition) is 4. The Kier molecular flexibility index (Phi) is 6.38. The number of ether oxygens (including phenoxy) is 2. The number of carbonyl (C=O) groups excluding carboxylic acids is 1. The molecule has 0 radical (unpaired) electrons. The second-order valence-corrected chi connectivity index (χ2v) is 9.74. The minimum Gasteiger partial charge on any atom is -0.475 e. The number of hydrogen-bond acceptors (Lipinski definition) is 10. The lowest BCUT2D eigenvalue weighted by molar-refractivity contribution is 0.0442. The SMILES string of the molecule is CC1NC(=O)c2ccc(Nc3ncc(C4=NC5(CCOCC5)CO4)c(N[C@H](CO)c4ccccc4)n3)nc21. The first kappa shape index (κ1) is 24.3. The summed E-state index contributed by atoms with van der Waals surface area (Å²) in [4.78, 5) is 30.8. The molecule has 1 aromatic carbocycles. The van der Waals surface area contributed by atoms with Gasteiger partial charge in [-0.05, 0) is 37.5 Å². The summed E-state index contributed by atoms with van der Waals surface area (Å²) in [6.45, 7) is 3.53. The molecule has 1 spiro atoms. The Morgan fingerprint density at radius 1 is 1.13 bits per heavy atom. The molecule has 1 saturated heterocycles. The highest BCUT2D eigenvalue weighted by atomic mass is 16.5. The molecule has 0 bridgehead atoms. The van der Waals surface area contributed by atoms with Crippen LogP contribution in [-0.2, 0) is 9.47 Å². The molecule has 1 unspecified atom stereocenters. The highest BCUT2D eigenvalue weighted by Gasteiger charge is 2.39. The number of aliphatic imine (C=N–C) groups is 1. The molecule has 5 heterocycles. The van der Waals surface area contributed by atoms with Gasteiger partial charge in [0.1, 0.15) is 23.8 Å². The van der Waals surface area contributed by atoms with Crippen LogP contribution in [-0.4, -0.2) is 63.8 Å². The van der Waals surface area contributed by atoms with E-state index in [4.69, 9.17) is 19.5 Å². The van der Waals surface area contributed by atoms with Gasteiger partial charge in [0.25, 0.3) is 5.91 Å². The van der Waals surface area contributed by atoms with Crippen molar-refractivity contribution >= 4 is 29.4 Å². The number of aliphatic hydroxyl groups is 1. The quantitative estimate of drug-likeness (QED) is 0.373. The molecule has 2 atom stereocenters. The monoisotopic (exact) mass is 515 g/mol. The molecular formula is C27H29N7O4. The number of pyridine rings is 1. The number of aromatic nitrogens is 3. The van der Waals surface area contributed by atoms with Gasteiger partial charge in [-0.25, -0.2) is 15.0 Å². The zero-order chi connectivity index (χ0) is 26.1. The van der Waals surface area contributed by atoms with Crippen LogP contribution in [0.5, 0.6) is 0 Å². The Bertz CT molecular complexity index is 1380. The summed E-state index contributed by atoms with van der Waals surface area (Å²) in [6, 6.07) is 12.5. The van der Waals surface area contributed by atoms with Crippen LogP contribution in [0.1, 0.15) is 59.0 Å². The Hall–Kier alpha value is -4.09. The molecule has 0 aliphatic carbocycles. The first-order valence-electron chi connectivity index (χ1n) is 12.7. The van der Waals surface area contributed by atoms with Gasteiger partial charge in [-0.3, -0.25) is 4.79 Å². The highest BCUT2D eigenvalue weighted by Crippen LogP contribution is 2.33. The average molecular weight is 516 g/mol.